The summed E-state index contributed by atoms with van der Waals surface area (Å²) in [7, 11) is 5.12. The zero-order valence-electron chi connectivity index (χ0n) is 30.1. The molecule has 44 heavy (non-hydrogen) atoms. The van der Waals surface area contributed by atoms with Crippen molar-refractivity contribution in [1.29, 1.82) is 0 Å². The van der Waals surface area contributed by atoms with Crippen LogP contribution in [0.2, 0.25) is 0 Å². The molecule has 9 heteroatoms. The Morgan fingerprint density at radius 2 is 1.05 bits per heavy atom. The summed E-state index contributed by atoms with van der Waals surface area (Å²) >= 11 is 0. The highest BCUT2D eigenvalue weighted by atomic mass is 31.2. The molecule has 0 aromatic heterocycles. The smallest absolute Gasteiger partial charge is 0.340 e. The van der Waals surface area contributed by atoms with Gasteiger partial charge in [-0.05, 0) is 92.6 Å². The van der Waals surface area contributed by atoms with Gasteiger partial charge in [0.25, 0.3) is 0 Å². The number of esters is 1. The van der Waals surface area contributed by atoms with Crippen LogP contribution in [0.1, 0.15) is 155 Å². The molecule has 8 nitrogen and oxygen atoms in total. The highest BCUT2D eigenvalue weighted by Gasteiger charge is 2.21. The van der Waals surface area contributed by atoms with Crippen LogP contribution in [0.3, 0.4) is 0 Å². The van der Waals surface area contributed by atoms with Gasteiger partial charge in [0.15, 0.2) is 0 Å². The minimum atomic E-state index is -3.06. The molecule has 0 saturated heterocycles. The van der Waals surface area contributed by atoms with Crippen LogP contribution < -0.4 is 10.2 Å². The molecule has 0 aromatic rings. The SMILES string of the molecule is CCCCCCCCC(CCCCCCCC)OC(=O)CCCCCCCOP(=O)(NCCCN(C)C)NCCCN(C)C. The van der Waals surface area contributed by atoms with Crippen LogP contribution in [0.4, 0.5) is 0 Å². The van der Waals surface area contributed by atoms with Crippen LogP contribution in [0, 0.1) is 0 Å². The summed E-state index contributed by atoms with van der Waals surface area (Å²) in [4.78, 5) is 16.9. The van der Waals surface area contributed by atoms with Gasteiger partial charge in [0, 0.05) is 19.5 Å². The van der Waals surface area contributed by atoms with E-state index >= 15 is 0 Å². The molecular formula is C35H75N4O4P. The Labute approximate surface area is 274 Å². The molecule has 0 aliphatic rings. The molecular weight excluding hydrogens is 571 g/mol. The molecule has 2 N–H and O–H groups in total. The highest BCUT2D eigenvalue weighted by Crippen LogP contribution is 2.37. The third-order valence-corrected chi connectivity index (χ3v) is 9.89. The van der Waals surface area contributed by atoms with E-state index < -0.39 is 7.67 Å². The van der Waals surface area contributed by atoms with Gasteiger partial charge in [0.05, 0.1) is 6.61 Å². The monoisotopic (exact) mass is 647 g/mol. The Hall–Kier alpha value is -0.500. The first-order chi connectivity index (χ1) is 21.2. The Morgan fingerprint density at radius 1 is 0.614 bits per heavy atom. The number of ether oxygens (including phenoxy) is 1. The van der Waals surface area contributed by atoms with Crippen molar-refractivity contribution in [2.75, 3.05) is 61.0 Å². The fraction of sp³-hybridized carbons (Fsp3) is 0.971. The van der Waals surface area contributed by atoms with Gasteiger partial charge in [-0.15, -0.1) is 0 Å². The maximum absolute atomic E-state index is 13.3. The lowest BCUT2D eigenvalue weighted by molar-refractivity contribution is -0.150. The van der Waals surface area contributed by atoms with Crippen molar-refractivity contribution in [3.63, 3.8) is 0 Å². The number of nitrogens with one attached hydrogen (secondary N) is 2. The number of nitrogens with zero attached hydrogens (tertiary/aromatic N) is 2. The van der Waals surface area contributed by atoms with Crippen molar-refractivity contribution < 1.29 is 18.6 Å². The topological polar surface area (TPSA) is 83.1 Å². The van der Waals surface area contributed by atoms with Gasteiger partial charge >= 0.3 is 13.6 Å². The number of hydrogen-bond donors (Lipinski definition) is 2. The summed E-state index contributed by atoms with van der Waals surface area (Å²) in [6, 6.07) is 0. The Morgan fingerprint density at radius 3 is 1.52 bits per heavy atom. The van der Waals surface area contributed by atoms with Crippen LogP contribution in [-0.4, -0.2) is 82.8 Å². The second-order valence-electron chi connectivity index (χ2n) is 13.3. The van der Waals surface area contributed by atoms with Crippen LogP contribution in [0.15, 0.2) is 0 Å². The average molecular weight is 647 g/mol. The first-order valence-corrected chi connectivity index (χ1v) is 20.1. The van der Waals surface area contributed by atoms with Gasteiger partial charge in [-0.3, -0.25) is 9.36 Å². The number of carbonyl (C=O) groups is 1. The number of unbranched alkanes of at least 4 members (excludes halogenated alkanes) is 14. The lowest BCUT2D eigenvalue weighted by Crippen LogP contribution is -2.29. The maximum Gasteiger partial charge on any atom is 0.340 e. The number of rotatable bonds is 34. The predicted molar refractivity (Wildman–Crippen MR) is 189 cm³/mol. The van der Waals surface area contributed by atoms with E-state index in [1.165, 1.54) is 77.0 Å². The Bertz CT molecular complexity index is 645. The Kier molecular flexibility index (Phi) is 30.8. The van der Waals surface area contributed by atoms with Crippen LogP contribution >= 0.6 is 7.67 Å². The quantitative estimate of drug-likeness (QED) is 0.0407. The lowest BCUT2D eigenvalue weighted by atomic mass is 10.0. The van der Waals surface area contributed by atoms with Crippen molar-refractivity contribution in [2.24, 2.45) is 0 Å². The van der Waals surface area contributed by atoms with Crippen LogP contribution in [0.5, 0.6) is 0 Å². The van der Waals surface area contributed by atoms with Crippen LogP contribution in [-0.2, 0) is 18.6 Å². The number of carbonyl (C=O) groups excluding carboxylic acids is 1. The second-order valence-corrected chi connectivity index (χ2v) is 15.3. The summed E-state index contributed by atoms with van der Waals surface area (Å²) in [5.74, 6) is -0.0167. The van der Waals surface area contributed by atoms with Gasteiger partial charge in [-0.2, -0.15) is 0 Å². The van der Waals surface area contributed by atoms with Crippen molar-refractivity contribution >= 4 is 13.6 Å². The van der Waals surface area contributed by atoms with Crippen molar-refractivity contribution in [3.8, 4) is 0 Å². The number of hydrogen-bond acceptors (Lipinski definition) is 6. The predicted octanol–water partition coefficient (Wildman–Crippen LogP) is 8.95. The molecule has 0 atom stereocenters. The van der Waals surface area contributed by atoms with Crippen molar-refractivity contribution in [2.45, 2.75) is 161 Å². The summed E-state index contributed by atoms with van der Waals surface area (Å²) in [5.41, 5.74) is 0. The molecule has 0 aromatic carbocycles. The summed E-state index contributed by atoms with van der Waals surface area (Å²) < 4.78 is 25.2. The van der Waals surface area contributed by atoms with E-state index in [-0.39, 0.29) is 12.1 Å². The molecule has 0 rings (SSSR count). The zero-order valence-corrected chi connectivity index (χ0v) is 31.0. The summed E-state index contributed by atoms with van der Waals surface area (Å²) in [6.07, 6.45) is 24.6. The summed E-state index contributed by atoms with van der Waals surface area (Å²) in [6.45, 7) is 8.19. The zero-order chi connectivity index (χ0) is 32.7. The van der Waals surface area contributed by atoms with Gasteiger partial charge in [0.1, 0.15) is 6.10 Å². The van der Waals surface area contributed by atoms with Crippen molar-refractivity contribution in [3.05, 3.63) is 0 Å². The fourth-order valence-electron chi connectivity index (χ4n) is 5.30. The minimum absolute atomic E-state index is 0.0167. The first-order valence-electron chi connectivity index (χ1n) is 18.5. The fourth-order valence-corrected chi connectivity index (χ4v) is 6.88. The third kappa shape index (κ3) is 30.2. The van der Waals surface area contributed by atoms with Gasteiger partial charge in [-0.25, -0.2) is 10.2 Å². The molecule has 0 radical (unpaired) electrons. The van der Waals surface area contributed by atoms with E-state index in [9.17, 15) is 9.36 Å². The molecule has 0 aliphatic heterocycles. The van der Waals surface area contributed by atoms with Gasteiger partial charge in [0.2, 0.25) is 0 Å². The second kappa shape index (κ2) is 31.1. The molecule has 0 fully saturated rings. The minimum Gasteiger partial charge on any atom is -0.462 e. The lowest BCUT2D eigenvalue weighted by Gasteiger charge is -2.21. The molecule has 0 heterocycles. The molecule has 0 aliphatic carbocycles. The van der Waals surface area contributed by atoms with E-state index in [0.717, 1.165) is 70.9 Å². The van der Waals surface area contributed by atoms with Crippen molar-refractivity contribution in [1.82, 2.24) is 20.0 Å². The van der Waals surface area contributed by atoms with Gasteiger partial charge in [-0.1, -0.05) is 97.3 Å². The van der Waals surface area contributed by atoms with E-state index in [4.69, 9.17) is 9.26 Å². The first kappa shape index (κ1) is 43.5. The molecule has 0 bridgehead atoms. The molecule has 0 amide bonds. The molecule has 0 spiro atoms. The highest BCUT2D eigenvalue weighted by molar-refractivity contribution is 7.54. The standard InChI is InChI=1S/C35H75N4O4P/c1-7-9-11-13-16-20-26-34(27-21-17-14-12-10-8-2)43-35(40)28-22-18-15-19-23-33-42-44(41,36-29-24-31-38(3)4)37-30-25-32-39(5)6/h34H,7-33H2,1-6H3,(H2,36,37,41). The van der Waals surface area contributed by atoms with E-state index in [0.29, 0.717) is 26.1 Å². The third-order valence-electron chi connectivity index (χ3n) is 8.06. The van der Waals surface area contributed by atoms with Crippen LogP contribution in [0.25, 0.3) is 0 Å². The summed E-state index contributed by atoms with van der Waals surface area (Å²) in [5, 5.41) is 6.31. The maximum atomic E-state index is 13.3. The Balaban J connectivity index is 4.29. The molecule has 0 unspecified atom stereocenters. The van der Waals surface area contributed by atoms with E-state index in [1.807, 2.05) is 28.2 Å². The van der Waals surface area contributed by atoms with E-state index in [2.05, 4.69) is 33.8 Å². The largest absolute Gasteiger partial charge is 0.462 e. The molecule has 264 valence electrons. The average Bonchev–Trinajstić information content (AvgIpc) is 2.98. The molecule has 0 saturated carbocycles. The normalized spacial score (nSPS) is 12.2. The van der Waals surface area contributed by atoms with E-state index in [1.54, 1.807) is 0 Å². The van der Waals surface area contributed by atoms with Gasteiger partial charge < -0.3 is 19.1 Å².